The van der Waals surface area contributed by atoms with E-state index in [0.29, 0.717) is 30.5 Å². The average Bonchev–Trinajstić information content (AvgIpc) is 3.14. The third-order valence-corrected chi connectivity index (χ3v) is 5.72. The van der Waals surface area contributed by atoms with Crippen LogP contribution in [-0.2, 0) is 0 Å². The van der Waals surface area contributed by atoms with Crippen molar-refractivity contribution in [2.24, 2.45) is 0 Å². The smallest absolute Gasteiger partial charge is 0.406 e. The minimum atomic E-state index is -0.843. The Morgan fingerprint density at radius 1 is 0.724 bits per heavy atom. The summed E-state index contributed by atoms with van der Waals surface area (Å²) in [6.07, 6.45) is 1.85. The van der Waals surface area contributed by atoms with Crippen LogP contribution in [0.2, 0.25) is 0 Å². The lowest BCUT2D eigenvalue weighted by molar-refractivity contribution is -0.112. The second-order valence-corrected chi connectivity index (χ2v) is 7.68. The third-order valence-electron chi connectivity index (χ3n) is 4.57. The number of benzene rings is 3. The largest absolute Gasteiger partial charge is 0.492 e. The van der Waals surface area contributed by atoms with Crippen molar-refractivity contribution in [3.63, 3.8) is 0 Å². The first-order valence-electron chi connectivity index (χ1n) is 9.61. The number of ether oxygens (including phenoxy) is 5. The van der Waals surface area contributed by atoms with E-state index in [0.717, 1.165) is 34.1 Å². The third kappa shape index (κ3) is 3.93. The number of hydrogen-bond donors (Lipinski definition) is 0. The van der Waals surface area contributed by atoms with Gasteiger partial charge in [0.05, 0.1) is 18.1 Å². The molecule has 6 heteroatoms. The van der Waals surface area contributed by atoms with Crippen LogP contribution < -0.4 is 23.7 Å². The molecule has 0 aliphatic carbocycles. The van der Waals surface area contributed by atoms with Gasteiger partial charge in [-0.2, -0.15) is 0 Å². The van der Waals surface area contributed by atoms with Crippen molar-refractivity contribution in [3.05, 3.63) is 66.7 Å². The van der Waals surface area contributed by atoms with E-state index in [-0.39, 0.29) is 0 Å². The Balaban J connectivity index is 1.47. The Hall–Kier alpha value is -2.99. The fourth-order valence-corrected chi connectivity index (χ4v) is 4.22. The van der Waals surface area contributed by atoms with Crippen molar-refractivity contribution in [2.45, 2.75) is 29.1 Å². The topological polar surface area (TPSA) is 46.2 Å². The second-order valence-electron chi connectivity index (χ2n) is 6.63. The first-order chi connectivity index (χ1) is 14.4. The van der Waals surface area contributed by atoms with Gasteiger partial charge in [-0.15, -0.1) is 0 Å². The van der Waals surface area contributed by atoms with Crippen LogP contribution in [0.15, 0.2) is 76.5 Å². The van der Waals surface area contributed by atoms with Crippen LogP contribution in [0.5, 0.6) is 28.7 Å². The minimum absolute atomic E-state index is 0.622. The standard InChI is InChI=1S/C23H20O5S/c1-2-8-16(9-3-1)26-23-27-18-12-13-19-22(21(18)28-23)29-20-11-5-4-10-17(20)24-14-6-7-15-25-19/h1-5,8-13,23H,6-7,14-15H2. The maximum absolute atomic E-state index is 6.06. The summed E-state index contributed by atoms with van der Waals surface area (Å²) in [6, 6.07) is 21.3. The van der Waals surface area contributed by atoms with Crippen molar-refractivity contribution in [1.82, 2.24) is 0 Å². The van der Waals surface area contributed by atoms with Crippen molar-refractivity contribution >= 4 is 11.8 Å². The highest BCUT2D eigenvalue weighted by atomic mass is 32.2. The maximum Gasteiger partial charge on any atom is 0.406 e. The van der Waals surface area contributed by atoms with Gasteiger partial charge >= 0.3 is 6.48 Å². The molecule has 148 valence electrons. The molecular formula is C23H20O5S. The monoisotopic (exact) mass is 408 g/mol. The van der Waals surface area contributed by atoms with Crippen molar-refractivity contribution in [1.29, 1.82) is 0 Å². The lowest BCUT2D eigenvalue weighted by atomic mass is 10.3. The highest BCUT2D eigenvalue weighted by Crippen LogP contribution is 2.51. The average molecular weight is 408 g/mol. The Bertz CT molecular complexity index is 992. The molecule has 0 amide bonds. The second kappa shape index (κ2) is 8.17. The van der Waals surface area contributed by atoms with Gasteiger partial charge in [-0.3, -0.25) is 0 Å². The van der Waals surface area contributed by atoms with Gasteiger partial charge in [-0.25, -0.2) is 0 Å². The Morgan fingerprint density at radius 3 is 2.31 bits per heavy atom. The van der Waals surface area contributed by atoms with E-state index >= 15 is 0 Å². The fraction of sp³-hybridized carbons (Fsp3) is 0.217. The molecule has 5 rings (SSSR count). The molecule has 3 aromatic carbocycles. The summed E-state index contributed by atoms with van der Waals surface area (Å²) in [6.45, 7) is 0.447. The Morgan fingerprint density at radius 2 is 1.45 bits per heavy atom. The molecule has 2 aliphatic rings. The molecule has 29 heavy (non-hydrogen) atoms. The summed E-state index contributed by atoms with van der Waals surface area (Å²) in [7, 11) is 0. The summed E-state index contributed by atoms with van der Waals surface area (Å²) in [4.78, 5) is 1.86. The lowest BCUT2D eigenvalue weighted by Gasteiger charge is -2.14. The molecule has 0 bridgehead atoms. The van der Waals surface area contributed by atoms with Gasteiger partial charge in [0.15, 0.2) is 11.5 Å². The first-order valence-corrected chi connectivity index (χ1v) is 10.4. The van der Waals surface area contributed by atoms with Gasteiger partial charge in [0.25, 0.3) is 0 Å². The van der Waals surface area contributed by atoms with E-state index in [9.17, 15) is 0 Å². The molecule has 0 spiro atoms. The molecule has 0 saturated carbocycles. The number of fused-ring (bicyclic) bond motifs is 4. The van der Waals surface area contributed by atoms with Gasteiger partial charge in [0.2, 0.25) is 0 Å². The molecule has 2 heterocycles. The number of hydrogen-bond acceptors (Lipinski definition) is 6. The zero-order chi connectivity index (χ0) is 19.5. The predicted octanol–water partition coefficient (Wildman–Crippen LogP) is 5.52. The molecule has 1 unspecified atom stereocenters. The van der Waals surface area contributed by atoms with Gasteiger partial charge in [-0.05, 0) is 49.2 Å². The van der Waals surface area contributed by atoms with E-state index in [1.165, 1.54) is 0 Å². The van der Waals surface area contributed by atoms with Crippen LogP contribution in [-0.4, -0.2) is 19.7 Å². The van der Waals surface area contributed by atoms with E-state index in [1.807, 2.05) is 66.7 Å². The summed E-state index contributed by atoms with van der Waals surface area (Å²) in [5.74, 6) is 3.57. The molecule has 0 radical (unpaired) electrons. The van der Waals surface area contributed by atoms with Crippen molar-refractivity contribution in [3.8, 4) is 28.7 Å². The Kier molecular flexibility index (Phi) is 5.09. The maximum atomic E-state index is 6.06. The van der Waals surface area contributed by atoms with E-state index in [4.69, 9.17) is 23.7 Å². The van der Waals surface area contributed by atoms with Gasteiger partial charge in [0.1, 0.15) is 22.1 Å². The van der Waals surface area contributed by atoms with Gasteiger partial charge < -0.3 is 23.7 Å². The Labute approximate surface area is 173 Å². The molecule has 5 nitrogen and oxygen atoms in total. The molecule has 0 aromatic heterocycles. The van der Waals surface area contributed by atoms with Crippen LogP contribution in [0, 0.1) is 0 Å². The summed E-state index contributed by atoms with van der Waals surface area (Å²) in [5.41, 5.74) is 0. The molecule has 1 atom stereocenters. The quantitative estimate of drug-likeness (QED) is 0.556. The molecule has 2 aliphatic heterocycles. The highest BCUT2D eigenvalue weighted by molar-refractivity contribution is 7.99. The summed E-state index contributed by atoms with van der Waals surface area (Å²) < 4.78 is 29.8. The zero-order valence-corrected chi connectivity index (χ0v) is 16.5. The van der Waals surface area contributed by atoms with E-state index < -0.39 is 6.48 Å². The number of para-hydroxylation sites is 2. The molecule has 3 aromatic rings. The normalized spacial score (nSPS) is 17.7. The van der Waals surface area contributed by atoms with Crippen LogP contribution in [0.3, 0.4) is 0 Å². The summed E-state index contributed by atoms with van der Waals surface area (Å²) in [5, 5.41) is 0. The lowest BCUT2D eigenvalue weighted by Crippen LogP contribution is -2.25. The van der Waals surface area contributed by atoms with Crippen LogP contribution in [0.1, 0.15) is 12.8 Å². The van der Waals surface area contributed by atoms with Gasteiger partial charge in [0, 0.05) is 0 Å². The molecule has 0 fully saturated rings. The van der Waals surface area contributed by atoms with Crippen molar-refractivity contribution < 1.29 is 23.7 Å². The summed E-state index contributed by atoms with van der Waals surface area (Å²) >= 11 is 1.55. The van der Waals surface area contributed by atoms with Crippen LogP contribution in [0.4, 0.5) is 0 Å². The number of rotatable bonds is 2. The van der Waals surface area contributed by atoms with E-state index in [2.05, 4.69) is 0 Å². The highest BCUT2D eigenvalue weighted by Gasteiger charge is 2.31. The molecule has 0 N–H and O–H groups in total. The SMILES string of the molecule is c1ccc(OC2Oc3ccc4c(c3O2)Sc2ccccc2OCCCCO4)cc1. The van der Waals surface area contributed by atoms with Crippen molar-refractivity contribution in [2.75, 3.05) is 13.2 Å². The van der Waals surface area contributed by atoms with Crippen LogP contribution in [0.25, 0.3) is 0 Å². The van der Waals surface area contributed by atoms with Crippen LogP contribution >= 0.6 is 11.8 Å². The predicted molar refractivity (Wildman–Crippen MR) is 109 cm³/mol. The molecular weight excluding hydrogens is 388 g/mol. The van der Waals surface area contributed by atoms with E-state index in [1.54, 1.807) is 11.8 Å². The van der Waals surface area contributed by atoms with Gasteiger partial charge in [-0.1, -0.05) is 42.1 Å². The zero-order valence-electron chi connectivity index (χ0n) is 15.7. The minimum Gasteiger partial charge on any atom is -0.492 e. The fourth-order valence-electron chi connectivity index (χ4n) is 3.16. The first kappa shape index (κ1) is 18.1. The molecule has 0 saturated heterocycles.